The van der Waals surface area contributed by atoms with Gasteiger partial charge in [0.15, 0.2) is 0 Å². The summed E-state index contributed by atoms with van der Waals surface area (Å²) in [7, 11) is 1.71. The lowest BCUT2D eigenvalue weighted by molar-refractivity contribution is 0.259. The van der Waals surface area contributed by atoms with E-state index in [1.807, 2.05) is 6.07 Å². The fourth-order valence-corrected chi connectivity index (χ4v) is 1.90. The van der Waals surface area contributed by atoms with E-state index in [1.54, 1.807) is 30.2 Å². The molecule has 0 aliphatic heterocycles. The van der Waals surface area contributed by atoms with Gasteiger partial charge in [0.25, 0.3) is 0 Å². The highest BCUT2D eigenvalue weighted by Gasteiger charge is 1.90. The zero-order valence-corrected chi connectivity index (χ0v) is 6.80. The number of thiophene rings is 1. The van der Waals surface area contributed by atoms with Crippen molar-refractivity contribution in [3.63, 3.8) is 0 Å². The fourth-order valence-electron chi connectivity index (χ4n) is 0.463. The van der Waals surface area contributed by atoms with Crippen molar-refractivity contribution in [2.24, 2.45) is 0 Å². The molecule has 0 saturated heterocycles. The summed E-state index contributed by atoms with van der Waals surface area (Å²) in [6.45, 7) is 0. The van der Waals surface area contributed by atoms with Gasteiger partial charge in [-0.05, 0) is 11.4 Å². The van der Waals surface area contributed by atoms with Crippen LogP contribution in [-0.2, 0) is 4.74 Å². The predicted molar refractivity (Wildman–Crippen MR) is 42.1 cm³/mol. The molecule has 9 heavy (non-hydrogen) atoms. The van der Waals surface area contributed by atoms with E-state index >= 15 is 0 Å². The summed E-state index contributed by atoms with van der Waals surface area (Å²) < 4.78 is 6.20. The summed E-state index contributed by atoms with van der Waals surface area (Å²) >= 11 is 3.47. The standard InChI is InChI=1S/C6H8OS2/c1-7-5-9-6-3-2-4-8-6/h2-4H,5H2,1H3. The quantitative estimate of drug-likeness (QED) is 0.496. The highest BCUT2D eigenvalue weighted by Crippen LogP contribution is 2.22. The van der Waals surface area contributed by atoms with Crippen LogP contribution >= 0.6 is 23.1 Å². The first-order valence-electron chi connectivity index (χ1n) is 2.58. The Morgan fingerprint density at radius 2 is 2.67 bits per heavy atom. The number of ether oxygens (including phenoxy) is 1. The molecule has 3 heteroatoms. The molecule has 0 saturated carbocycles. The second-order valence-corrected chi connectivity index (χ2v) is 3.65. The van der Waals surface area contributed by atoms with Gasteiger partial charge in [0.2, 0.25) is 0 Å². The zero-order chi connectivity index (χ0) is 6.53. The number of thioether (sulfide) groups is 1. The van der Waals surface area contributed by atoms with Crippen LogP contribution in [0.25, 0.3) is 0 Å². The largest absolute Gasteiger partial charge is 0.374 e. The lowest BCUT2D eigenvalue weighted by Crippen LogP contribution is -1.77. The predicted octanol–water partition coefficient (Wildman–Crippen LogP) is 2.44. The van der Waals surface area contributed by atoms with Crippen molar-refractivity contribution in [2.75, 3.05) is 13.0 Å². The Hall–Kier alpha value is 0.01000. The number of hydrogen-bond donors (Lipinski definition) is 0. The molecular weight excluding hydrogens is 152 g/mol. The van der Waals surface area contributed by atoms with Crippen LogP contribution in [0.15, 0.2) is 21.7 Å². The summed E-state index contributed by atoms with van der Waals surface area (Å²) in [5.41, 5.74) is 0. The molecule has 0 atom stereocenters. The number of methoxy groups -OCH3 is 1. The monoisotopic (exact) mass is 160 g/mol. The molecule has 0 aliphatic carbocycles. The van der Waals surface area contributed by atoms with Crippen LogP contribution in [0.1, 0.15) is 0 Å². The first-order chi connectivity index (χ1) is 4.43. The Kier molecular flexibility index (Phi) is 3.11. The van der Waals surface area contributed by atoms with E-state index in [-0.39, 0.29) is 0 Å². The smallest absolute Gasteiger partial charge is 0.0971 e. The van der Waals surface area contributed by atoms with Gasteiger partial charge in [-0.25, -0.2) is 0 Å². The van der Waals surface area contributed by atoms with E-state index in [4.69, 9.17) is 4.74 Å². The van der Waals surface area contributed by atoms with Crippen LogP contribution in [0.3, 0.4) is 0 Å². The van der Waals surface area contributed by atoms with Crippen molar-refractivity contribution >= 4 is 23.1 Å². The van der Waals surface area contributed by atoms with E-state index < -0.39 is 0 Å². The minimum absolute atomic E-state index is 0.751. The van der Waals surface area contributed by atoms with Gasteiger partial charge < -0.3 is 4.74 Å². The Bertz CT molecular complexity index is 148. The van der Waals surface area contributed by atoms with Crippen molar-refractivity contribution in [2.45, 2.75) is 4.21 Å². The van der Waals surface area contributed by atoms with Gasteiger partial charge in [-0.3, -0.25) is 0 Å². The minimum atomic E-state index is 0.751. The summed E-state index contributed by atoms with van der Waals surface area (Å²) in [5.74, 6) is 0.751. The molecule has 1 rings (SSSR count). The molecule has 0 spiro atoms. The van der Waals surface area contributed by atoms with E-state index in [9.17, 15) is 0 Å². The normalized spacial score (nSPS) is 9.89. The Morgan fingerprint density at radius 1 is 1.78 bits per heavy atom. The average Bonchev–Trinajstić information content (AvgIpc) is 2.34. The Morgan fingerprint density at radius 3 is 3.22 bits per heavy atom. The van der Waals surface area contributed by atoms with Crippen LogP contribution in [0, 0.1) is 0 Å². The fraction of sp³-hybridized carbons (Fsp3) is 0.333. The van der Waals surface area contributed by atoms with Gasteiger partial charge in [-0.15, -0.1) is 11.3 Å². The van der Waals surface area contributed by atoms with Gasteiger partial charge >= 0.3 is 0 Å². The van der Waals surface area contributed by atoms with Crippen LogP contribution < -0.4 is 0 Å². The second kappa shape index (κ2) is 3.93. The molecule has 1 nitrogen and oxygen atoms in total. The van der Waals surface area contributed by atoms with E-state index in [0.717, 1.165) is 5.94 Å². The molecule has 1 aromatic rings. The van der Waals surface area contributed by atoms with Crippen LogP contribution in [0.5, 0.6) is 0 Å². The SMILES string of the molecule is COCSc1cccs1. The van der Waals surface area contributed by atoms with Crippen molar-refractivity contribution in [3.05, 3.63) is 17.5 Å². The first kappa shape index (κ1) is 7.12. The molecule has 0 aliphatic rings. The molecule has 50 valence electrons. The molecule has 1 aromatic heterocycles. The Labute approximate surface area is 63.0 Å². The molecule has 0 aromatic carbocycles. The van der Waals surface area contributed by atoms with Crippen molar-refractivity contribution < 1.29 is 4.74 Å². The van der Waals surface area contributed by atoms with Gasteiger partial charge in [-0.1, -0.05) is 17.8 Å². The third-order valence-corrected chi connectivity index (χ3v) is 2.89. The molecule has 0 N–H and O–H groups in total. The van der Waals surface area contributed by atoms with Crippen LogP contribution in [0.4, 0.5) is 0 Å². The van der Waals surface area contributed by atoms with Gasteiger partial charge in [0.05, 0.1) is 10.1 Å². The topological polar surface area (TPSA) is 9.23 Å². The molecule has 0 amide bonds. The number of rotatable bonds is 3. The third kappa shape index (κ3) is 2.39. The third-order valence-electron chi connectivity index (χ3n) is 0.814. The maximum absolute atomic E-state index is 4.88. The number of hydrogen-bond acceptors (Lipinski definition) is 3. The maximum Gasteiger partial charge on any atom is 0.0971 e. The lowest BCUT2D eigenvalue weighted by atomic mass is 10.7. The highest BCUT2D eigenvalue weighted by atomic mass is 32.2. The van der Waals surface area contributed by atoms with Crippen molar-refractivity contribution in [1.82, 2.24) is 0 Å². The molecular formula is C6H8OS2. The Balaban J connectivity index is 2.30. The van der Waals surface area contributed by atoms with E-state index in [1.165, 1.54) is 4.21 Å². The van der Waals surface area contributed by atoms with Crippen LogP contribution in [0.2, 0.25) is 0 Å². The van der Waals surface area contributed by atoms with E-state index in [0.29, 0.717) is 0 Å². The molecule has 0 bridgehead atoms. The summed E-state index contributed by atoms with van der Waals surface area (Å²) in [5, 5.41) is 2.07. The lowest BCUT2D eigenvalue weighted by Gasteiger charge is -1.92. The van der Waals surface area contributed by atoms with Crippen LogP contribution in [-0.4, -0.2) is 13.0 Å². The highest BCUT2D eigenvalue weighted by molar-refractivity contribution is 8.00. The molecule has 0 unspecified atom stereocenters. The van der Waals surface area contributed by atoms with Gasteiger partial charge in [-0.2, -0.15) is 0 Å². The van der Waals surface area contributed by atoms with Crippen molar-refractivity contribution in [1.29, 1.82) is 0 Å². The molecule has 0 radical (unpaired) electrons. The molecule has 1 heterocycles. The zero-order valence-electron chi connectivity index (χ0n) is 5.16. The minimum Gasteiger partial charge on any atom is -0.374 e. The summed E-state index contributed by atoms with van der Waals surface area (Å²) in [6.07, 6.45) is 0. The summed E-state index contributed by atoms with van der Waals surface area (Å²) in [4.78, 5) is 0. The van der Waals surface area contributed by atoms with Gasteiger partial charge in [0, 0.05) is 7.11 Å². The van der Waals surface area contributed by atoms with Gasteiger partial charge in [0.1, 0.15) is 0 Å². The second-order valence-electron chi connectivity index (χ2n) is 1.48. The van der Waals surface area contributed by atoms with E-state index in [2.05, 4.69) is 11.4 Å². The molecule has 0 fully saturated rings. The average molecular weight is 160 g/mol. The maximum atomic E-state index is 4.88. The van der Waals surface area contributed by atoms with Crippen molar-refractivity contribution in [3.8, 4) is 0 Å². The summed E-state index contributed by atoms with van der Waals surface area (Å²) in [6, 6.07) is 4.14. The first-order valence-corrected chi connectivity index (χ1v) is 4.45.